The number of benzene rings is 1. The van der Waals surface area contributed by atoms with Crippen molar-refractivity contribution in [1.82, 2.24) is 4.98 Å². The molecule has 0 aliphatic rings. The fourth-order valence-corrected chi connectivity index (χ4v) is 2.67. The molecule has 0 spiro atoms. The Morgan fingerprint density at radius 3 is 2.95 bits per heavy atom. The van der Waals surface area contributed by atoms with Gasteiger partial charge in [0.25, 0.3) is 11.7 Å². The molecule has 1 atom stereocenters. The van der Waals surface area contributed by atoms with Gasteiger partial charge in [-0.1, -0.05) is 12.1 Å². The zero-order valence-corrected chi connectivity index (χ0v) is 11.4. The summed E-state index contributed by atoms with van der Waals surface area (Å²) >= 11 is 1.63. The largest absolute Gasteiger partial charge is 0.423 e. The number of nitro benzene ring substituents is 1. The number of anilines is 1. The standard InChI is InChI=1S/C13H11N3O3S/c1-8(11-6-3-7-20-11)14-13-15-12-9(16(17)18)4-2-5-10(12)19-13/h2-8H,1H3,(H,14,15). The van der Waals surface area contributed by atoms with Crippen LogP contribution in [-0.4, -0.2) is 9.91 Å². The predicted octanol–water partition coefficient (Wildman–Crippen LogP) is 3.97. The van der Waals surface area contributed by atoms with Crippen LogP contribution in [0.3, 0.4) is 0 Å². The van der Waals surface area contributed by atoms with Gasteiger partial charge >= 0.3 is 0 Å². The van der Waals surface area contributed by atoms with Crippen molar-refractivity contribution in [2.24, 2.45) is 0 Å². The third-order valence-electron chi connectivity index (χ3n) is 2.90. The van der Waals surface area contributed by atoms with Gasteiger partial charge in [0.05, 0.1) is 11.0 Å². The molecule has 3 rings (SSSR count). The molecule has 2 aromatic heterocycles. The third-order valence-corrected chi connectivity index (χ3v) is 3.96. The number of hydrogen-bond acceptors (Lipinski definition) is 6. The second-order valence-corrected chi connectivity index (χ2v) is 5.26. The van der Waals surface area contributed by atoms with E-state index in [-0.39, 0.29) is 23.3 Å². The maximum absolute atomic E-state index is 10.9. The first kappa shape index (κ1) is 12.6. The van der Waals surface area contributed by atoms with Gasteiger partial charge in [-0.25, -0.2) is 0 Å². The molecule has 2 heterocycles. The summed E-state index contributed by atoms with van der Waals surface area (Å²) in [6.07, 6.45) is 0. The Morgan fingerprint density at radius 2 is 2.25 bits per heavy atom. The number of nitrogens with one attached hydrogen (secondary N) is 1. The number of para-hydroxylation sites is 1. The Kier molecular flexibility index (Phi) is 3.11. The minimum absolute atomic E-state index is 0.0297. The summed E-state index contributed by atoms with van der Waals surface area (Å²) in [7, 11) is 0. The van der Waals surface area contributed by atoms with Gasteiger partial charge in [0, 0.05) is 10.9 Å². The molecule has 7 heteroatoms. The topological polar surface area (TPSA) is 81.2 Å². The lowest BCUT2D eigenvalue weighted by molar-refractivity contribution is -0.383. The average molecular weight is 289 g/mol. The molecule has 0 saturated carbocycles. The van der Waals surface area contributed by atoms with Crippen molar-refractivity contribution in [3.63, 3.8) is 0 Å². The van der Waals surface area contributed by atoms with Gasteiger partial charge < -0.3 is 9.73 Å². The zero-order chi connectivity index (χ0) is 14.1. The summed E-state index contributed by atoms with van der Waals surface area (Å²) in [5.74, 6) is 0. The van der Waals surface area contributed by atoms with Crippen LogP contribution >= 0.6 is 11.3 Å². The van der Waals surface area contributed by atoms with Crippen molar-refractivity contribution < 1.29 is 9.34 Å². The van der Waals surface area contributed by atoms with Gasteiger partial charge in [0.1, 0.15) is 0 Å². The van der Waals surface area contributed by atoms with E-state index in [0.717, 1.165) is 4.88 Å². The highest BCUT2D eigenvalue weighted by atomic mass is 32.1. The minimum Gasteiger partial charge on any atom is -0.423 e. The van der Waals surface area contributed by atoms with Gasteiger partial charge in [-0.3, -0.25) is 10.1 Å². The van der Waals surface area contributed by atoms with Gasteiger partial charge in [-0.15, -0.1) is 11.3 Å². The van der Waals surface area contributed by atoms with Crippen LogP contribution in [0.25, 0.3) is 11.1 Å². The highest BCUT2D eigenvalue weighted by Crippen LogP contribution is 2.29. The molecule has 20 heavy (non-hydrogen) atoms. The quantitative estimate of drug-likeness (QED) is 0.580. The van der Waals surface area contributed by atoms with E-state index in [0.29, 0.717) is 5.58 Å². The zero-order valence-electron chi connectivity index (χ0n) is 10.6. The summed E-state index contributed by atoms with van der Waals surface area (Å²) in [5, 5.41) is 16.0. The Balaban J connectivity index is 1.93. The fourth-order valence-electron chi connectivity index (χ4n) is 1.94. The van der Waals surface area contributed by atoms with Crippen molar-refractivity contribution in [3.8, 4) is 0 Å². The van der Waals surface area contributed by atoms with Gasteiger partial charge in [0.15, 0.2) is 11.1 Å². The molecule has 102 valence electrons. The molecular formula is C13H11N3O3S. The summed E-state index contributed by atoms with van der Waals surface area (Å²) < 4.78 is 5.51. The van der Waals surface area contributed by atoms with Gasteiger partial charge in [-0.2, -0.15) is 4.98 Å². The van der Waals surface area contributed by atoms with Crippen molar-refractivity contribution in [3.05, 3.63) is 50.7 Å². The van der Waals surface area contributed by atoms with Gasteiger partial charge in [0.2, 0.25) is 0 Å². The second kappa shape index (κ2) is 4.93. The lowest BCUT2D eigenvalue weighted by Crippen LogP contribution is -2.04. The fraction of sp³-hybridized carbons (Fsp3) is 0.154. The Hall–Kier alpha value is -2.41. The molecular weight excluding hydrogens is 278 g/mol. The number of oxazole rings is 1. The number of aromatic nitrogens is 1. The van der Waals surface area contributed by atoms with E-state index in [2.05, 4.69) is 10.3 Å². The van der Waals surface area contributed by atoms with E-state index in [4.69, 9.17) is 4.42 Å². The average Bonchev–Trinajstić information content (AvgIpc) is 3.06. The molecule has 0 radical (unpaired) electrons. The molecule has 0 aliphatic heterocycles. The number of nitro groups is 1. The van der Waals surface area contributed by atoms with E-state index in [1.165, 1.54) is 6.07 Å². The first-order chi connectivity index (χ1) is 9.65. The highest BCUT2D eigenvalue weighted by Gasteiger charge is 2.18. The lowest BCUT2D eigenvalue weighted by Gasteiger charge is -2.08. The van der Waals surface area contributed by atoms with E-state index in [1.54, 1.807) is 23.5 Å². The van der Waals surface area contributed by atoms with Crippen molar-refractivity contribution in [2.45, 2.75) is 13.0 Å². The number of fused-ring (bicyclic) bond motifs is 1. The first-order valence-corrected chi connectivity index (χ1v) is 6.87. The molecule has 3 aromatic rings. The molecule has 1 aromatic carbocycles. The molecule has 1 N–H and O–H groups in total. The minimum atomic E-state index is -0.461. The predicted molar refractivity (Wildman–Crippen MR) is 77.0 cm³/mol. The van der Waals surface area contributed by atoms with E-state index in [9.17, 15) is 10.1 Å². The van der Waals surface area contributed by atoms with Crippen LogP contribution in [0.4, 0.5) is 11.7 Å². The van der Waals surface area contributed by atoms with Crippen LogP contribution in [0.2, 0.25) is 0 Å². The summed E-state index contributed by atoms with van der Waals surface area (Å²) in [6, 6.07) is 8.95. The van der Waals surface area contributed by atoms with E-state index in [1.807, 2.05) is 24.4 Å². The Labute approximate surface area is 118 Å². The smallest absolute Gasteiger partial charge is 0.298 e. The monoisotopic (exact) mass is 289 g/mol. The molecule has 0 bridgehead atoms. The molecule has 1 unspecified atom stereocenters. The molecule has 6 nitrogen and oxygen atoms in total. The third kappa shape index (κ3) is 2.23. The number of rotatable bonds is 4. The van der Waals surface area contributed by atoms with Crippen LogP contribution in [-0.2, 0) is 0 Å². The Bertz CT molecular complexity index is 751. The summed E-state index contributed by atoms with van der Waals surface area (Å²) in [4.78, 5) is 15.8. The molecule has 0 saturated heterocycles. The lowest BCUT2D eigenvalue weighted by atomic mass is 10.3. The molecule has 0 aliphatic carbocycles. The van der Waals surface area contributed by atoms with Crippen molar-refractivity contribution in [1.29, 1.82) is 0 Å². The molecule has 0 fully saturated rings. The van der Waals surface area contributed by atoms with Crippen LogP contribution in [0.5, 0.6) is 0 Å². The van der Waals surface area contributed by atoms with Gasteiger partial charge in [-0.05, 0) is 24.4 Å². The maximum atomic E-state index is 10.9. The highest BCUT2D eigenvalue weighted by molar-refractivity contribution is 7.10. The first-order valence-electron chi connectivity index (χ1n) is 5.99. The van der Waals surface area contributed by atoms with Crippen LogP contribution < -0.4 is 5.32 Å². The maximum Gasteiger partial charge on any atom is 0.298 e. The second-order valence-electron chi connectivity index (χ2n) is 4.28. The van der Waals surface area contributed by atoms with Crippen LogP contribution in [0.1, 0.15) is 17.8 Å². The van der Waals surface area contributed by atoms with Crippen LogP contribution in [0.15, 0.2) is 40.1 Å². The number of hydrogen-bond donors (Lipinski definition) is 1. The van der Waals surface area contributed by atoms with Crippen molar-refractivity contribution in [2.75, 3.05) is 5.32 Å². The number of non-ortho nitro benzene ring substituents is 1. The number of thiophene rings is 1. The SMILES string of the molecule is CC(Nc1nc2c([N+](=O)[O-])cccc2o1)c1cccs1. The molecule has 0 amide bonds. The van der Waals surface area contributed by atoms with Crippen LogP contribution in [0, 0.1) is 10.1 Å². The van der Waals surface area contributed by atoms with Crippen molar-refractivity contribution >= 4 is 34.1 Å². The van der Waals surface area contributed by atoms with E-state index < -0.39 is 4.92 Å². The summed E-state index contributed by atoms with van der Waals surface area (Å²) in [5.41, 5.74) is 0.613. The normalized spacial score (nSPS) is 12.4. The van der Waals surface area contributed by atoms with E-state index >= 15 is 0 Å². The summed E-state index contributed by atoms with van der Waals surface area (Å²) in [6.45, 7) is 1.98. The Morgan fingerprint density at radius 1 is 1.40 bits per heavy atom. The number of nitrogens with zero attached hydrogens (tertiary/aromatic N) is 2.